The number of hydrogen-bond acceptors (Lipinski definition) is 2. The topological polar surface area (TPSA) is 21.3 Å². The second-order valence-electron chi connectivity index (χ2n) is 4.90. The highest BCUT2D eigenvalue weighted by molar-refractivity contribution is 9.10. The van der Waals surface area contributed by atoms with Crippen LogP contribution < -0.4 is 10.1 Å². The van der Waals surface area contributed by atoms with Gasteiger partial charge in [-0.05, 0) is 31.0 Å². The predicted molar refractivity (Wildman–Crippen MR) is 88.5 cm³/mol. The molecule has 0 aliphatic carbocycles. The number of hydrogen-bond donors (Lipinski definition) is 1. The molecule has 1 N–H and O–H groups in total. The van der Waals surface area contributed by atoms with Crippen molar-refractivity contribution in [3.8, 4) is 5.75 Å². The second-order valence-corrected chi connectivity index (χ2v) is 5.81. The number of rotatable bonds is 5. The van der Waals surface area contributed by atoms with E-state index in [9.17, 15) is 0 Å². The van der Waals surface area contributed by atoms with Crippen LogP contribution in [0, 0.1) is 6.92 Å². The van der Waals surface area contributed by atoms with Crippen molar-refractivity contribution < 1.29 is 4.74 Å². The van der Waals surface area contributed by atoms with Crippen molar-refractivity contribution in [1.29, 1.82) is 0 Å². The van der Waals surface area contributed by atoms with E-state index >= 15 is 0 Å². The molecule has 0 heterocycles. The zero-order chi connectivity index (χ0) is 14.5. The van der Waals surface area contributed by atoms with Crippen LogP contribution >= 0.6 is 15.9 Å². The van der Waals surface area contributed by atoms with E-state index in [4.69, 9.17) is 4.74 Å². The molecular formula is C17H20BrNO. The molecule has 0 aromatic heterocycles. The molecule has 1 unspecified atom stereocenters. The third-order valence-electron chi connectivity index (χ3n) is 3.34. The third kappa shape index (κ3) is 3.76. The summed E-state index contributed by atoms with van der Waals surface area (Å²) in [6, 6.07) is 15.0. The second kappa shape index (κ2) is 6.80. The van der Waals surface area contributed by atoms with Crippen LogP contribution in [0.15, 0.2) is 46.9 Å². The van der Waals surface area contributed by atoms with Gasteiger partial charge in [-0.1, -0.05) is 52.7 Å². The van der Waals surface area contributed by atoms with Gasteiger partial charge in [-0.25, -0.2) is 0 Å². The first kappa shape index (κ1) is 14.9. The molecule has 0 bridgehead atoms. The fourth-order valence-electron chi connectivity index (χ4n) is 2.18. The van der Waals surface area contributed by atoms with Crippen LogP contribution in [-0.2, 0) is 0 Å². The van der Waals surface area contributed by atoms with Crippen molar-refractivity contribution in [3.63, 3.8) is 0 Å². The fraction of sp³-hybridized carbons (Fsp3) is 0.294. The van der Waals surface area contributed by atoms with E-state index in [0.717, 1.165) is 22.3 Å². The van der Waals surface area contributed by atoms with Crippen LogP contribution in [0.5, 0.6) is 5.75 Å². The molecule has 0 radical (unpaired) electrons. The van der Waals surface area contributed by atoms with Gasteiger partial charge in [0.2, 0.25) is 0 Å². The summed E-state index contributed by atoms with van der Waals surface area (Å²) in [5.41, 5.74) is 3.65. The summed E-state index contributed by atoms with van der Waals surface area (Å²) in [6.45, 7) is 4.30. The summed E-state index contributed by atoms with van der Waals surface area (Å²) in [7, 11) is 1.68. The minimum Gasteiger partial charge on any atom is -0.497 e. The molecule has 0 aliphatic rings. The summed E-state index contributed by atoms with van der Waals surface area (Å²) in [5, 5.41) is 3.57. The highest BCUT2D eigenvalue weighted by atomic mass is 79.9. The first-order chi connectivity index (χ1) is 9.62. The van der Waals surface area contributed by atoms with Crippen molar-refractivity contribution in [2.75, 3.05) is 12.4 Å². The minimum absolute atomic E-state index is 0.301. The lowest BCUT2D eigenvalue weighted by Crippen LogP contribution is -2.09. The van der Waals surface area contributed by atoms with Gasteiger partial charge in [-0.3, -0.25) is 0 Å². The summed E-state index contributed by atoms with van der Waals surface area (Å²) >= 11 is 3.51. The Morgan fingerprint density at radius 3 is 2.45 bits per heavy atom. The number of nitrogens with one attached hydrogen (secondary N) is 1. The molecular weight excluding hydrogens is 314 g/mol. The fourth-order valence-corrected chi connectivity index (χ4v) is 2.66. The van der Waals surface area contributed by atoms with Crippen LogP contribution in [0.4, 0.5) is 5.69 Å². The zero-order valence-corrected chi connectivity index (χ0v) is 13.7. The Hall–Kier alpha value is -1.48. The number of anilines is 1. The van der Waals surface area contributed by atoms with Crippen LogP contribution in [0.1, 0.15) is 30.5 Å². The molecule has 0 amide bonds. The number of benzene rings is 2. The number of halogens is 1. The Kier molecular flexibility index (Phi) is 5.07. The summed E-state index contributed by atoms with van der Waals surface area (Å²) in [5.74, 6) is 0.848. The molecule has 0 spiro atoms. The monoisotopic (exact) mass is 333 g/mol. The summed E-state index contributed by atoms with van der Waals surface area (Å²) in [6.07, 6.45) is 1.03. The molecule has 2 rings (SSSR count). The molecule has 2 nitrogen and oxygen atoms in total. The lowest BCUT2D eigenvalue weighted by Gasteiger charge is -2.19. The first-order valence-corrected chi connectivity index (χ1v) is 7.59. The lowest BCUT2D eigenvalue weighted by atomic mass is 10.0. The largest absolute Gasteiger partial charge is 0.497 e. The van der Waals surface area contributed by atoms with E-state index < -0.39 is 0 Å². The average Bonchev–Trinajstić information content (AvgIpc) is 2.45. The van der Waals surface area contributed by atoms with E-state index in [1.54, 1.807) is 7.11 Å². The van der Waals surface area contributed by atoms with Gasteiger partial charge in [-0.2, -0.15) is 0 Å². The van der Waals surface area contributed by atoms with E-state index in [2.05, 4.69) is 65.4 Å². The van der Waals surface area contributed by atoms with E-state index in [-0.39, 0.29) is 0 Å². The van der Waals surface area contributed by atoms with Gasteiger partial charge >= 0.3 is 0 Å². The van der Waals surface area contributed by atoms with E-state index in [1.807, 2.05) is 12.1 Å². The molecule has 106 valence electrons. The summed E-state index contributed by atoms with van der Waals surface area (Å²) in [4.78, 5) is 0. The lowest BCUT2D eigenvalue weighted by molar-refractivity contribution is 0.414. The molecule has 0 saturated heterocycles. The van der Waals surface area contributed by atoms with Gasteiger partial charge in [0.25, 0.3) is 0 Å². The zero-order valence-electron chi connectivity index (χ0n) is 12.1. The molecule has 2 aromatic rings. The van der Waals surface area contributed by atoms with Gasteiger partial charge in [0.15, 0.2) is 0 Å². The molecule has 20 heavy (non-hydrogen) atoms. The van der Waals surface area contributed by atoms with Crippen LogP contribution in [0.3, 0.4) is 0 Å². The summed E-state index contributed by atoms with van der Waals surface area (Å²) < 4.78 is 6.31. The maximum Gasteiger partial charge on any atom is 0.122 e. The average molecular weight is 334 g/mol. The number of ether oxygens (including phenoxy) is 1. The minimum atomic E-state index is 0.301. The maximum atomic E-state index is 5.30. The Labute approximate surface area is 129 Å². The molecule has 0 saturated carbocycles. The van der Waals surface area contributed by atoms with Gasteiger partial charge < -0.3 is 10.1 Å². The normalized spacial score (nSPS) is 12.0. The highest BCUT2D eigenvalue weighted by Gasteiger charge is 2.10. The third-order valence-corrected chi connectivity index (χ3v) is 3.79. The van der Waals surface area contributed by atoms with Crippen molar-refractivity contribution in [3.05, 3.63) is 58.1 Å². The smallest absolute Gasteiger partial charge is 0.122 e. The SMILES string of the molecule is CCC(Nc1cc(Br)cc(OC)c1)c1ccc(C)cc1. The van der Waals surface area contributed by atoms with Crippen LogP contribution in [0.2, 0.25) is 0 Å². The molecule has 1 atom stereocenters. The molecule has 2 aromatic carbocycles. The Balaban J connectivity index is 2.21. The quantitative estimate of drug-likeness (QED) is 0.798. The molecule has 0 aliphatic heterocycles. The van der Waals surface area contributed by atoms with Crippen LogP contribution in [-0.4, -0.2) is 7.11 Å². The maximum absolute atomic E-state index is 5.30. The Morgan fingerprint density at radius 1 is 1.15 bits per heavy atom. The van der Waals surface area contributed by atoms with Gasteiger partial charge in [-0.15, -0.1) is 0 Å². The van der Waals surface area contributed by atoms with Crippen LogP contribution in [0.25, 0.3) is 0 Å². The van der Waals surface area contributed by atoms with Crippen molar-refractivity contribution in [2.45, 2.75) is 26.3 Å². The van der Waals surface area contributed by atoms with E-state index in [0.29, 0.717) is 6.04 Å². The predicted octanol–water partition coefficient (Wildman–Crippen LogP) is 5.33. The number of aryl methyl sites for hydroxylation is 1. The van der Waals surface area contributed by atoms with Crippen molar-refractivity contribution >= 4 is 21.6 Å². The molecule has 3 heteroatoms. The van der Waals surface area contributed by atoms with Gasteiger partial charge in [0.1, 0.15) is 5.75 Å². The van der Waals surface area contributed by atoms with Gasteiger partial charge in [0.05, 0.1) is 13.2 Å². The van der Waals surface area contributed by atoms with Crippen molar-refractivity contribution in [2.24, 2.45) is 0 Å². The highest BCUT2D eigenvalue weighted by Crippen LogP contribution is 2.28. The molecule has 0 fully saturated rings. The first-order valence-electron chi connectivity index (χ1n) is 6.80. The standard InChI is InChI=1S/C17H20BrNO/c1-4-17(13-7-5-12(2)6-8-13)19-15-9-14(18)10-16(11-15)20-3/h5-11,17,19H,4H2,1-3H3. The van der Waals surface area contributed by atoms with Gasteiger partial charge in [0, 0.05) is 16.2 Å². The number of methoxy groups -OCH3 is 1. The van der Waals surface area contributed by atoms with E-state index in [1.165, 1.54) is 11.1 Å². The van der Waals surface area contributed by atoms with Crippen molar-refractivity contribution in [1.82, 2.24) is 0 Å². The Morgan fingerprint density at radius 2 is 1.85 bits per heavy atom. The Bertz CT molecular complexity index is 566.